The smallest absolute Gasteiger partial charge is 0.232 e. The molecular weight excluding hydrogens is 482 g/mol. The standard InChI is InChI=1S/C24H31N7O4S/c1-34-15-14-30-10-12-31(13-11-30)18-8-9-19(21(16-18)35-2)27-23-25-17-26-24(29-23)28-20-6-4-5-7-22(20)36(3,32)33/h4-9,16-17H,10-15H2,1-3H3,(H2,25,26,27,28,29). The van der Waals surface area contributed by atoms with E-state index in [1.165, 1.54) is 12.4 Å². The molecule has 1 saturated heterocycles. The monoisotopic (exact) mass is 513 g/mol. The fourth-order valence-corrected chi connectivity index (χ4v) is 4.83. The van der Waals surface area contributed by atoms with Crippen molar-refractivity contribution in [2.45, 2.75) is 4.90 Å². The lowest BCUT2D eigenvalue weighted by molar-refractivity contribution is 0.144. The van der Waals surface area contributed by atoms with E-state index in [1.54, 1.807) is 32.4 Å². The van der Waals surface area contributed by atoms with E-state index in [4.69, 9.17) is 9.47 Å². The number of rotatable bonds is 10. The Morgan fingerprint density at radius 3 is 2.31 bits per heavy atom. The van der Waals surface area contributed by atoms with Gasteiger partial charge in [-0.2, -0.15) is 4.98 Å². The van der Waals surface area contributed by atoms with Gasteiger partial charge in [-0.1, -0.05) is 12.1 Å². The summed E-state index contributed by atoms with van der Waals surface area (Å²) >= 11 is 0. The van der Waals surface area contributed by atoms with Gasteiger partial charge in [0.25, 0.3) is 0 Å². The number of para-hydroxylation sites is 1. The molecule has 11 nitrogen and oxygen atoms in total. The summed E-state index contributed by atoms with van der Waals surface area (Å²) in [6, 6.07) is 12.6. The van der Waals surface area contributed by atoms with E-state index in [1.807, 2.05) is 18.2 Å². The van der Waals surface area contributed by atoms with Crippen molar-refractivity contribution in [3.05, 3.63) is 48.8 Å². The Kier molecular flexibility index (Phi) is 8.18. The van der Waals surface area contributed by atoms with Crippen molar-refractivity contribution in [3.8, 4) is 5.75 Å². The van der Waals surface area contributed by atoms with E-state index in [2.05, 4.69) is 35.4 Å². The molecular formula is C24H31N7O4S. The summed E-state index contributed by atoms with van der Waals surface area (Å²) in [5.41, 5.74) is 2.18. The molecule has 1 aromatic heterocycles. The van der Waals surface area contributed by atoms with Gasteiger partial charge in [0.2, 0.25) is 11.9 Å². The summed E-state index contributed by atoms with van der Waals surface area (Å²) in [6.45, 7) is 5.50. The van der Waals surface area contributed by atoms with Crippen LogP contribution in [0, 0.1) is 0 Å². The van der Waals surface area contributed by atoms with Crippen molar-refractivity contribution in [1.29, 1.82) is 0 Å². The van der Waals surface area contributed by atoms with Crippen LogP contribution in [0.2, 0.25) is 0 Å². The van der Waals surface area contributed by atoms with E-state index < -0.39 is 9.84 Å². The SMILES string of the molecule is COCCN1CCN(c2ccc(Nc3ncnc(Nc4ccccc4S(C)(=O)=O)n3)c(OC)c2)CC1. The van der Waals surface area contributed by atoms with Crippen molar-refractivity contribution >= 4 is 38.8 Å². The van der Waals surface area contributed by atoms with Crippen LogP contribution in [0.1, 0.15) is 0 Å². The van der Waals surface area contributed by atoms with Gasteiger partial charge < -0.3 is 25.0 Å². The second-order valence-corrected chi connectivity index (χ2v) is 10.3. The van der Waals surface area contributed by atoms with Crippen LogP contribution in [0.25, 0.3) is 0 Å². The summed E-state index contributed by atoms with van der Waals surface area (Å²) < 4.78 is 35.0. The van der Waals surface area contributed by atoms with Gasteiger partial charge in [-0.3, -0.25) is 4.90 Å². The highest BCUT2D eigenvalue weighted by Gasteiger charge is 2.19. The van der Waals surface area contributed by atoms with Crippen LogP contribution in [0.4, 0.5) is 29.0 Å². The Labute approximate surface area is 211 Å². The molecule has 1 fully saturated rings. The third-order valence-corrected chi connectivity index (χ3v) is 7.04. The van der Waals surface area contributed by atoms with Crippen LogP contribution in [0.15, 0.2) is 53.7 Å². The molecule has 2 heterocycles. The highest BCUT2D eigenvalue weighted by Crippen LogP contribution is 2.32. The number of hydrogen-bond donors (Lipinski definition) is 2. The zero-order valence-corrected chi connectivity index (χ0v) is 21.5. The van der Waals surface area contributed by atoms with Crippen LogP contribution >= 0.6 is 0 Å². The summed E-state index contributed by atoms with van der Waals surface area (Å²) in [7, 11) is -0.0730. The Morgan fingerprint density at radius 1 is 0.944 bits per heavy atom. The number of nitrogens with zero attached hydrogens (tertiary/aromatic N) is 5. The van der Waals surface area contributed by atoms with Gasteiger partial charge in [-0.05, 0) is 24.3 Å². The zero-order chi connectivity index (χ0) is 25.5. The minimum Gasteiger partial charge on any atom is -0.494 e. The Bertz CT molecular complexity index is 1280. The number of piperazine rings is 1. The summed E-state index contributed by atoms with van der Waals surface area (Å²) in [5, 5.41) is 6.14. The lowest BCUT2D eigenvalue weighted by Gasteiger charge is -2.36. The fraction of sp³-hybridized carbons (Fsp3) is 0.375. The average Bonchev–Trinajstić information content (AvgIpc) is 2.88. The molecule has 2 N–H and O–H groups in total. The van der Waals surface area contributed by atoms with E-state index in [0.29, 0.717) is 23.1 Å². The van der Waals surface area contributed by atoms with E-state index in [0.717, 1.165) is 51.3 Å². The maximum Gasteiger partial charge on any atom is 0.232 e. The van der Waals surface area contributed by atoms with Crippen LogP contribution in [0.3, 0.4) is 0 Å². The predicted octanol–water partition coefficient (Wildman–Crippen LogP) is 2.54. The molecule has 0 bridgehead atoms. The van der Waals surface area contributed by atoms with Crippen LogP contribution in [-0.2, 0) is 14.6 Å². The van der Waals surface area contributed by atoms with Crippen LogP contribution in [0.5, 0.6) is 5.75 Å². The van der Waals surface area contributed by atoms with Crippen molar-refractivity contribution in [2.24, 2.45) is 0 Å². The zero-order valence-electron chi connectivity index (χ0n) is 20.6. The molecule has 12 heteroatoms. The number of methoxy groups -OCH3 is 2. The van der Waals surface area contributed by atoms with Crippen molar-refractivity contribution < 1.29 is 17.9 Å². The van der Waals surface area contributed by atoms with Crippen molar-refractivity contribution in [3.63, 3.8) is 0 Å². The van der Waals surface area contributed by atoms with Gasteiger partial charge in [-0.15, -0.1) is 0 Å². The number of nitrogens with one attached hydrogen (secondary N) is 2. The molecule has 36 heavy (non-hydrogen) atoms. The lowest BCUT2D eigenvalue weighted by atomic mass is 10.2. The van der Waals surface area contributed by atoms with Gasteiger partial charge in [0, 0.05) is 57.8 Å². The van der Waals surface area contributed by atoms with Gasteiger partial charge in [0.05, 0.1) is 30.0 Å². The molecule has 0 unspecified atom stereocenters. The molecule has 0 spiro atoms. The van der Waals surface area contributed by atoms with Crippen LogP contribution in [-0.4, -0.2) is 88.1 Å². The maximum absolute atomic E-state index is 12.1. The van der Waals surface area contributed by atoms with Gasteiger partial charge in [-0.25, -0.2) is 18.4 Å². The molecule has 192 valence electrons. The van der Waals surface area contributed by atoms with Gasteiger partial charge in [0.1, 0.15) is 12.1 Å². The second-order valence-electron chi connectivity index (χ2n) is 8.36. The number of anilines is 5. The largest absolute Gasteiger partial charge is 0.494 e. The predicted molar refractivity (Wildman–Crippen MR) is 139 cm³/mol. The Balaban J connectivity index is 1.46. The molecule has 0 saturated carbocycles. The molecule has 0 atom stereocenters. The minimum absolute atomic E-state index is 0.164. The van der Waals surface area contributed by atoms with Gasteiger partial charge in [0.15, 0.2) is 9.84 Å². The average molecular weight is 514 g/mol. The van der Waals surface area contributed by atoms with Crippen LogP contribution < -0.4 is 20.3 Å². The molecule has 0 aliphatic carbocycles. The Morgan fingerprint density at radius 2 is 1.64 bits per heavy atom. The van der Waals surface area contributed by atoms with E-state index in [-0.39, 0.29) is 10.8 Å². The maximum atomic E-state index is 12.1. The molecule has 4 rings (SSSR count). The third kappa shape index (κ3) is 6.39. The first-order chi connectivity index (χ1) is 17.4. The highest BCUT2D eigenvalue weighted by atomic mass is 32.2. The normalized spacial score (nSPS) is 14.5. The highest BCUT2D eigenvalue weighted by molar-refractivity contribution is 7.90. The molecule has 1 aliphatic heterocycles. The van der Waals surface area contributed by atoms with Crippen molar-refractivity contribution in [1.82, 2.24) is 19.9 Å². The number of benzene rings is 2. The number of sulfone groups is 1. The third-order valence-electron chi connectivity index (χ3n) is 5.89. The summed E-state index contributed by atoms with van der Waals surface area (Å²) in [5.74, 6) is 1.17. The van der Waals surface area contributed by atoms with Crippen molar-refractivity contribution in [2.75, 3.05) is 75.3 Å². The molecule has 2 aromatic carbocycles. The first kappa shape index (κ1) is 25.6. The fourth-order valence-electron chi connectivity index (χ4n) is 3.98. The topological polar surface area (TPSA) is 122 Å². The first-order valence-electron chi connectivity index (χ1n) is 11.5. The summed E-state index contributed by atoms with van der Waals surface area (Å²) in [4.78, 5) is 17.6. The summed E-state index contributed by atoms with van der Waals surface area (Å²) in [6.07, 6.45) is 2.51. The molecule has 1 aliphatic rings. The minimum atomic E-state index is -3.42. The molecule has 0 amide bonds. The number of hydrogen-bond acceptors (Lipinski definition) is 11. The lowest BCUT2D eigenvalue weighted by Crippen LogP contribution is -2.47. The number of ether oxygens (including phenoxy) is 2. The molecule has 0 radical (unpaired) electrons. The number of aromatic nitrogens is 3. The Hall–Kier alpha value is -3.48. The first-order valence-corrected chi connectivity index (χ1v) is 13.4. The van der Waals surface area contributed by atoms with E-state index in [9.17, 15) is 8.42 Å². The van der Waals surface area contributed by atoms with E-state index >= 15 is 0 Å². The molecule has 3 aromatic rings. The van der Waals surface area contributed by atoms with Gasteiger partial charge >= 0.3 is 0 Å². The quantitative estimate of drug-likeness (QED) is 0.416. The second kappa shape index (κ2) is 11.5.